The van der Waals surface area contributed by atoms with Gasteiger partial charge in [0.25, 0.3) is 0 Å². The van der Waals surface area contributed by atoms with Gasteiger partial charge in [0, 0.05) is 6.07 Å². The highest BCUT2D eigenvalue weighted by Gasteiger charge is 2.57. The SMILES string of the molecule is COc1ccc(OC)c(N2C(=O)[C@@H]3[C@@H](C2=O)[C@@H]2C=C[C@@H]3CC2)c1. The Morgan fingerprint density at radius 2 is 1.57 bits per heavy atom. The van der Waals surface area contributed by atoms with Crippen molar-refractivity contribution in [1.29, 1.82) is 0 Å². The molecule has 3 aliphatic carbocycles. The Labute approximate surface area is 134 Å². The molecule has 1 saturated carbocycles. The zero-order valence-corrected chi connectivity index (χ0v) is 13.2. The number of hydrogen-bond donors (Lipinski definition) is 0. The van der Waals surface area contributed by atoms with Gasteiger partial charge in [-0.1, -0.05) is 12.2 Å². The number of carbonyl (C=O) groups is 2. The predicted molar refractivity (Wildman–Crippen MR) is 84.4 cm³/mol. The number of nitrogens with zero attached hydrogens (tertiary/aromatic N) is 1. The summed E-state index contributed by atoms with van der Waals surface area (Å²) >= 11 is 0. The summed E-state index contributed by atoms with van der Waals surface area (Å²) in [5, 5.41) is 0. The van der Waals surface area contributed by atoms with Gasteiger partial charge in [0.05, 0.1) is 31.7 Å². The molecule has 1 aromatic carbocycles. The third kappa shape index (κ3) is 1.92. The lowest BCUT2D eigenvalue weighted by Gasteiger charge is -2.38. The average Bonchev–Trinajstić information content (AvgIpc) is 2.88. The van der Waals surface area contributed by atoms with Crippen molar-refractivity contribution in [3.8, 4) is 11.5 Å². The molecule has 0 spiro atoms. The summed E-state index contributed by atoms with van der Waals surface area (Å²) in [6.07, 6.45) is 6.22. The van der Waals surface area contributed by atoms with Crippen LogP contribution in [0.25, 0.3) is 0 Å². The normalized spacial score (nSPS) is 31.5. The van der Waals surface area contributed by atoms with Crippen molar-refractivity contribution in [2.24, 2.45) is 23.7 Å². The van der Waals surface area contributed by atoms with Crippen LogP contribution in [0.3, 0.4) is 0 Å². The van der Waals surface area contributed by atoms with E-state index in [1.54, 1.807) is 25.3 Å². The van der Waals surface area contributed by atoms with Crippen molar-refractivity contribution in [3.05, 3.63) is 30.4 Å². The molecule has 0 radical (unpaired) electrons. The van der Waals surface area contributed by atoms with Gasteiger partial charge in [-0.05, 0) is 36.8 Å². The quantitative estimate of drug-likeness (QED) is 0.635. The number of ether oxygens (including phenoxy) is 2. The molecule has 1 heterocycles. The third-order valence-electron chi connectivity index (χ3n) is 5.39. The van der Waals surface area contributed by atoms with E-state index in [0.29, 0.717) is 17.2 Å². The lowest BCUT2D eigenvalue weighted by Crippen LogP contribution is -2.38. The van der Waals surface area contributed by atoms with E-state index >= 15 is 0 Å². The van der Waals surface area contributed by atoms with Crippen molar-refractivity contribution < 1.29 is 19.1 Å². The lowest BCUT2D eigenvalue weighted by molar-refractivity contribution is -0.124. The summed E-state index contributed by atoms with van der Waals surface area (Å²) in [6, 6.07) is 5.18. The van der Waals surface area contributed by atoms with Crippen LogP contribution in [0.15, 0.2) is 30.4 Å². The van der Waals surface area contributed by atoms with Crippen LogP contribution in [-0.4, -0.2) is 26.0 Å². The van der Waals surface area contributed by atoms with Crippen LogP contribution >= 0.6 is 0 Å². The Morgan fingerprint density at radius 3 is 2.04 bits per heavy atom. The number of benzene rings is 1. The molecule has 120 valence electrons. The minimum atomic E-state index is -0.220. The first-order valence-corrected chi connectivity index (χ1v) is 7.94. The Balaban J connectivity index is 1.79. The van der Waals surface area contributed by atoms with E-state index in [0.717, 1.165) is 12.8 Å². The molecule has 23 heavy (non-hydrogen) atoms. The summed E-state index contributed by atoms with van der Waals surface area (Å²) < 4.78 is 10.6. The van der Waals surface area contributed by atoms with Gasteiger partial charge < -0.3 is 9.47 Å². The molecule has 2 fully saturated rings. The van der Waals surface area contributed by atoms with E-state index in [1.807, 2.05) is 0 Å². The fourth-order valence-corrected chi connectivity index (χ4v) is 4.28. The van der Waals surface area contributed by atoms with E-state index in [2.05, 4.69) is 12.2 Å². The molecule has 5 nitrogen and oxygen atoms in total. The Morgan fingerprint density at radius 1 is 0.957 bits per heavy atom. The van der Waals surface area contributed by atoms with Crippen LogP contribution in [0.1, 0.15) is 12.8 Å². The zero-order chi connectivity index (χ0) is 16.1. The second-order valence-corrected chi connectivity index (χ2v) is 6.39. The van der Waals surface area contributed by atoms with E-state index in [-0.39, 0.29) is 35.5 Å². The molecule has 1 aliphatic heterocycles. The van der Waals surface area contributed by atoms with Gasteiger partial charge in [0.2, 0.25) is 11.8 Å². The molecule has 5 heteroatoms. The van der Waals surface area contributed by atoms with Crippen molar-refractivity contribution >= 4 is 17.5 Å². The van der Waals surface area contributed by atoms with Crippen molar-refractivity contribution in [2.45, 2.75) is 12.8 Å². The standard InChI is InChI=1S/C18H19NO4/c1-22-12-7-8-14(23-2)13(9-12)19-17(20)15-10-3-4-11(6-5-10)16(15)18(19)21/h3-4,7-11,15-16H,5-6H2,1-2H3/t10-,11-,15+,16+/m1/s1. The maximum Gasteiger partial charge on any atom is 0.238 e. The second kappa shape index (κ2) is 5.11. The number of anilines is 1. The van der Waals surface area contributed by atoms with Crippen LogP contribution in [0.2, 0.25) is 0 Å². The summed E-state index contributed by atoms with van der Waals surface area (Å²) in [4.78, 5) is 27.3. The number of allylic oxidation sites excluding steroid dienone is 2. The molecule has 4 atom stereocenters. The summed E-state index contributed by atoms with van der Waals surface area (Å²) in [7, 11) is 3.10. The summed E-state index contributed by atoms with van der Waals surface area (Å²) in [5.74, 6) is 0.815. The summed E-state index contributed by atoms with van der Waals surface area (Å²) in [6.45, 7) is 0. The fraction of sp³-hybridized carbons (Fsp3) is 0.444. The maximum absolute atomic E-state index is 13.0. The van der Waals surface area contributed by atoms with Gasteiger partial charge in [0.1, 0.15) is 11.5 Å². The van der Waals surface area contributed by atoms with Crippen molar-refractivity contribution in [1.82, 2.24) is 0 Å². The summed E-state index contributed by atoms with van der Waals surface area (Å²) in [5.41, 5.74) is 0.482. The van der Waals surface area contributed by atoms with Crippen molar-refractivity contribution in [2.75, 3.05) is 19.1 Å². The monoisotopic (exact) mass is 313 g/mol. The first kappa shape index (κ1) is 14.3. The highest BCUT2D eigenvalue weighted by molar-refractivity contribution is 6.23. The Bertz CT molecular complexity index is 679. The second-order valence-electron chi connectivity index (χ2n) is 6.39. The van der Waals surface area contributed by atoms with Crippen molar-refractivity contribution in [3.63, 3.8) is 0 Å². The number of imide groups is 1. The molecule has 5 rings (SSSR count). The van der Waals surface area contributed by atoms with Gasteiger partial charge in [-0.2, -0.15) is 0 Å². The Hall–Kier alpha value is -2.30. The lowest BCUT2D eigenvalue weighted by atomic mass is 9.63. The van der Waals surface area contributed by atoms with E-state index in [9.17, 15) is 9.59 Å². The van der Waals surface area contributed by atoms with Crippen LogP contribution < -0.4 is 14.4 Å². The zero-order valence-electron chi connectivity index (χ0n) is 13.2. The highest BCUT2D eigenvalue weighted by Crippen LogP contribution is 2.51. The number of fused-ring (bicyclic) bond motifs is 1. The minimum absolute atomic E-state index is 0.106. The average molecular weight is 313 g/mol. The topological polar surface area (TPSA) is 55.8 Å². The van der Waals surface area contributed by atoms with E-state index < -0.39 is 0 Å². The fourth-order valence-electron chi connectivity index (χ4n) is 4.28. The molecule has 4 aliphatic rings. The van der Waals surface area contributed by atoms with Crippen LogP contribution in [-0.2, 0) is 9.59 Å². The third-order valence-corrected chi connectivity index (χ3v) is 5.39. The van der Waals surface area contributed by atoms with Crippen LogP contribution in [0, 0.1) is 23.7 Å². The molecule has 2 bridgehead atoms. The molecular weight excluding hydrogens is 294 g/mol. The molecule has 0 aromatic heterocycles. The molecule has 0 N–H and O–H groups in total. The minimum Gasteiger partial charge on any atom is -0.497 e. The number of methoxy groups -OCH3 is 2. The molecular formula is C18H19NO4. The van der Waals surface area contributed by atoms with Gasteiger partial charge in [-0.25, -0.2) is 4.90 Å². The van der Waals surface area contributed by atoms with E-state index in [1.165, 1.54) is 12.0 Å². The molecule has 1 aromatic rings. The van der Waals surface area contributed by atoms with E-state index in [4.69, 9.17) is 9.47 Å². The van der Waals surface area contributed by atoms with Gasteiger partial charge >= 0.3 is 0 Å². The Kier molecular flexibility index (Phi) is 3.18. The first-order chi connectivity index (χ1) is 11.2. The number of rotatable bonds is 3. The molecule has 1 saturated heterocycles. The van der Waals surface area contributed by atoms with Crippen LogP contribution in [0.5, 0.6) is 11.5 Å². The van der Waals surface area contributed by atoms with Crippen LogP contribution in [0.4, 0.5) is 5.69 Å². The van der Waals surface area contributed by atoms with Gasteiger partial charge in [0.15, 0.2) is 0 Å². The number of hydrogen-bond acceptors (Lipinski definition) is 4. The molecule has 2 amide bonds. The number of amides is 2. The van der Waals surface area contributed by atoms with Gasteiger partial charge in [-0.3, -0.25) is 9.59 Å². The van der Waals surface area contributed by atoms with Gasteiger partial charge in [-0.15, -0.1) is 0 Å². The molecule has 0 unspecified atom stereocenters. The maximum atomic E-state index is 13.0. The largest absolute Gasteiger partial charge is 0.497 e. The predicted octanol–water partition coefficient (Wildman–Crippen LogP) is 2.41. The number of carbonyl (C=O) groups excluding carboxylic acids is 2. The first-order valence-electron chi connectivity index (χ1n) is 7.94. The smallest absolute Gasteiger partial charge is 0.238 e. The highest BCUT2D eigenvalue weighted by atomic mass is 16.5.